The minimum absolute atomic E-state index is 0.0103. The monoisotopic (exact) mass is 394 g/mol. The third-order valence-electron chi connectivity index (χ3n) is 3.93. The van der Waals surface area contributed by atoms with Crippen molar-refractivity contribution in [1.29, 1.82) is 0 Å². The molecule has 0 saturated carbocycles. The summed E-state index contributed by atoms with van der Waals surface area (Å²) in [5.74, 6) is 1.82. The van der Waals surface area contributed by atoms with Crippen LogP contribution in [0.15, 0.2) is 35.5 Å². The number of fused-ring (bicyclic) bond motifs is 1. The smallest absolute Gasteiger partial charge is 0.387 e. The molecule has 0 spiro atoms. The molecule has 0 radical (unpaired) electrons. The van der Waals surface area contributed by atoms with Gasteiger partial charge in [0.2, 0.25) is 12.7 Å². The Morgan fingerprint density at radius 1 is 1.21 bits per heavy atom. The average Bonchev–Trinajstić information content (AvgIpc) is 3.15. The highest BCUT2D eigenvalue weighted by Crippen LogP contribution is 2.38. The standard InChI is InChI=1S/C18H20F2N4O4/c1-21-18(23-8-11-4-3-5-22-16(11)25-2)24-9-12-6-14-15(27-10-26-14)7-13(12)28-17(19)20/h3-7,17H,8-10H2,1-2H3,(H2,21,23,24). The van der Waals surface area contributed by atoms with E-state index >= 15 is 0 Å². The Bertz CT molecular complexity index is 848. The van der Waals surface area contributed by atoms with E-state index in [1.54, 1.807) is 32.5 Å². The molecule has 1 aliphatic heterocycles. The maximum Gasteiger partial charge on any atom is 0.387 e. The molecule has 0 atom stereocenters. The van der Waals surface area contributed by atoms with E-state index in [-0.39, 0.29) is 19.1 Å². The number of nitrogens with one attached hydrogen (secondary N) is 2. The molecule has 0 amide bonds. The molecule has 8 nitrogen and oxygen atoms in total. The molecule has 28 heavy (non-hydrogen) atoms. The molecule has 2 heterocycles. The lowest BCUT2D eigenvalue weighted by Gasteiger charge is -2.15. The minimum atomic E-state index is -2.95. The van der Waals surface area contributed by atoms with Gasteiger partial charge >= 0.3 is 6.61 Å². The van der Waals surface area contributed by atoms with E-state index in [1.807, 2.05) is 6.07 Å². The fourth-order valence-corrected chi connectivity index (χ4v) is 2.63. The zero-order valence-corrected chi connectivity index (χ0v) is 15.4. The lowest BCUT2D eigenvalue weighted by Crippen LogP contribution is -2.36. The first-order valence-electron chi connectivity index (χ1n) is 8.40. The zero-order valence-electron chi connectivity index (χ0n) is 15.4. The molecule has 1 aliphatic rings. The number of aromatic nitrogens is 1. The van der Waals surface area contributed by atoms with Gasteiger partial charge in [-0.3, -0.25) is 4.99 Å². The topological polar surface area (TPSA) is 86.2 Å². The second kappa shape index (κ2) is 9.07. The summed E-state index contributed by atoms with van der Waals surface area (Å²) >= 11 is 0. The van der Waals surface area contributed by atoms with Gasteiger partial charge in [0, 0.05) is 43.5 Å². The highest BCUT2D eigenvalue weighted by Gasteiger charge is 2.20. The number of pyridine rings is 1. The van der Waals surface area contributed by atoms with Gasteiger partial charge in [0.1, 0.15) is 5.75 Å². The normalized spacial score (nSPS) is 12.8. The van der Waals surface area contributed by atoms with Gasteiger partial charge in [-0.2, -0.15) is 8.78 Å². The van der Waals surface area contributed by atoms with Gasteiger partial charge in [-0.1, -0.05) is 6.07 Å². The van der Waals surface area contributed by atoms with Crippen LogP contribution in [-0.4, -0.2) is 38.5 Å². The van der Waals surface area contributed by atoms with Crippen molar-refractivity contribution in [3.05, 3.63) is 41.6 Å². The van der Waals surface area contributed by atoms with Gasteiger partial charge in [-0.05, 0) is 12.1 Å². The summed E-state index contributed by atoms with van der Waals surface area (Å²) in [5, 5.41) is 6.17. The van der Waals surface area contributed by atoms with Crippen LogP contribution in [0.4, 0.5) is 8.78 Å². The largest absolute Gasteiger partial charge is 0.481 e. The van der Waals surface area contributed by atoms with Crippen LogP contribution in [0.5, 0.6) is 23.1 Å². The SMILES string of the molecule is CN=C(NCc1cc2c(cc1OC(F)F)OCO2)NCc1cccnc1OC. The second-order valence-electron chi connectivity index (χ2n) is 5.64. The number of rotatable bonds is 7. The number of aliphatic imine (C=N–C) groups is 1. The third-order valence-corrected chi connectivity index (χ3v) is 3.93. The Morgan fingerprint density at radius 3 is 2.61 bits per heavy atom. The predicted molar refractivity (Wildman–Crippen MR) is 97.0 cm³/mol. The Balaban J connectivity index is 1.66. The molecular weight excluding hydrogens is 374 g/mol. The number of guanidine groups is 1. The molecule has 3 rings (SSSR count). The highest BCUT2D eigenvalue weighted by atomic mass is 19.3. The first-order chi connectivity index (χ1) is 13.6. The van der Waals surface area contributed by atoms with Crippen LogP contribution in [0.1, 0.15) is 11.1 Å². The molecule has 150 valence electrons. The maximum absolute atomic E-state index is 12.7. The van der Waals surface area contributed by atoms with Gasteiger partial charge in [-0.25, -0.2) is 4.98 Å². The first-order valence-corrected chi connectivity index (χ1v) is 8.40. The summed E-state index contributed by atoms with van der Waals surface area (Å²) in [5.41, 5.74) is 1.32. The van der Waals surface area contributed by atoms with Crippen molar-refractivity contribution < 1.29 is 27.7 Å². The van der Waals surface area contributed by atoms with Crippen molar-refractivity contribution in [3.8, 4) is 23.1 Å². The van der Waals surface area contributed by atoms with Crippen molar-refractivity contribution in [2.24, 2.45) is 4.99 Å². The number of hydrogen-bond donors (Lipinski definition) is 2. The van der Waals surface area contributed by atoms with E-state index < -0.39 is 6.61 Å². The van der Waals surface area contributed by atoms with Crippen LogP contribution >= 0.6 is 0 Å². The molecule has 0 aliphatic carbocycles. The molecule has 2 N–H and O–H groups in total. The molecule has 10 heteroatoms. The van der Waals surface area contributed by atoms with Gasteiger partial charge in [0.25, 0.3) is 0 Å². The second-order valence-corrected chi connectivity index (χ2v) is 5.64. The molecule has 1 aromatic carbocycles. The summed E-state index contributed by atoms with van der Waals surface area (Å²) in [6.45, 7) is -2.31. The van der Waals surface area contributed by atoms with Gasteiger partial charge in [0.15, 0.2) is 17.5 Å². The molecule has 2 aromatic rings. The average molecular weight is 394 g/mol. The number of halogens is 2. The summed E-state index contributed by atoms with van der Waals surface area (Å²) in [7, 11) is 3.15. The van der Waals surface area contributed by atoms with Crippen LogP contribution in [0.25, 0.3) is 0 Å². The summed E-state index contributed by atoms with van der Waals surface area (Å²) < 4.78 is 45.8. The van der Waals surface area contributed by atoms with Crippen molar-refractivity contribution in [2.45, 2.75) is 19.7 Å². The fourth-order valence-electron chi connectivity index (χ4n) is 2.63. The number of methoxy groups -OCH3 is 1. The lowest BCUT2D eigenvalue weighted by atomic mass is 10.1. The van der Waals surface area contributed by atoms with E-state index in [9.17, 15) is 8.78 Å². The third kappa shape index (κ3) is 4.70. The van der Waals surface area contributed by atoms with Gasteiger partial charge in [-0.15, -0.1) is 0 Å². The summed E-state index contributed by atoms with van der Waals surface area (Å²) in [6.07, 6.45) is 1.64. The number of benzene rings is 1. The van der Waals surface area contributed by atoms with Crippen LogP contribution in [0.2, 0.25) is 0 Å². The Morgan fingerprint density at radius 2 is 1.93 bits per heavy atom. The van der Waals surface area contributed by atoms with E-state index in [0.29, 0.717) is 35.4 Å². The summed E-state index contributed by atoms with van der Waals surface area (Å²) in [6, 6.07) is 6.67. The van der Waals surface area contributed by atoms with Gasteiger partial charge < -0.3 is 29.6 Å². The van der Waals surface area contributed by atoms with E-state index in [0.717, 1.165) is 5.56 Å². The number of hydrogen-bond acceptors (Lipinski definition) is 6. The fraction of sp³-hybridized carbons (Fsp3) is 0.333. The predicted octanol–water partition coefficient (Wildman–Crippen LogP) is 2.29. The number of ether oxygens (including phenoxy) is 4. The molecule has 0 saturated heterocycles. The molecular formula is C18H20F2N4O4. The molecule has 0 unspecified atom stereocenters. The van der Waals surface area contributed by atoms with Crippen molar-refractivity contribution in [2.75, 3.05) is 21.0 Å². The van der Waals surface area contributed by atoms with Crippen LogP contribution in [0, 0.1) is 0 Å². The lowest BCUT2D eigenvalue weighted by molar-refractivity contribution is -0.0505. The van der Waals surface area contributed by atoms with E-state index in [2.05, 4.69) is 25.3 Å². The first kappa shape index (κ1) is 19.5. The van der Waals surface area contributed by atoms with Gasteiger partial charge in [0.05, 0.1) is 7.11 Å². The van der Waals surface area contributed by atoms with E-state index in [1.165, 1.54) is 6.07 Å². The Kier molecular flexibility index (Phi) is 6.30. The van der Waals surface area contributed by atoms with Crippen molar-refractivity contribution >= 4 is 5.96 Å². The maximum atomic E-state index is 12.7. The minimum Gasteiger partial charge on any atom is -0.481 e. The number of nitrogens with zero attached hydrogens (tertiary/aromatic N) is 2. The molecule has 0 fully saturated rings. The Hall–Kier alpha value is -3.30. The quantitative estimate of drug-likeness (QED) is 0.550. The van der Waals surface area contributed by atoms with Crippen LogP contribution < -0.4 is 29.6 Å². The Labute approximate surface area is 160 Å². The van der Waals surface area contributed by atoms with E-state index in [4.69, 9.17) is 14.2 Å². The van der Waals surface area contributed by atoms with Crippen molar-refractivity contribution in [1.82, 2.24) is 15.6 Å². The van der Waals surface area contributed by atoms with Crippen molar-refractivity contribution in [3.63, 3.8) is 0 Å². The molecule has 1 aromatic heterocycles. The molecule has 0 bridgehead atoms. The number of alkyl halides is 2. The van der Waals surface area contributed by atoms with Crippen LogP contribution in [0.3, 0.4) is 0 Å². The summed E-state index contributed by atoms with van der Waals surface area (Å²) in [4.78, 5) is 8.26. The highest BCUT2D eigenvalue weighted by molar-refractivity contribution is 5.79. The zero-order chi connectivity index (χ0) is 19.9. The van der Waals surface area contributed by atoms with Crippen LogP contribution in [-0.2, 0) is 13.1 Å².